The summed E-state index contributed by atoms with van der Waals surface area (Å²) >= 11 is 0. The van der Waals surface area contributed by atoms with Gasteiger partial charge in [0, 0.05) is 6.42 Å². The SMILES string of the molecule is CCCCCCCCCCCCCCCCCOC(=O)CCc1cc(CC(C)C)c(O)c(CC(C)C)c1. The number of ether oxygens (including phenoxy) is 1. The predicted octanol–water partition coefficient (Wildman–Crippen LogP) is 10.1. The van der Waals surface area contributed by atoms with Crippen molar-refractivity contribution in [3.8, 4) is 5.75 Å². The summed E-state index contributed by atoms with van der Waals surface area (Å²) in [5.41, 5.74) is 3.15. The fourth-order valence-electron chi connectivity index (χ4n) is 5.15. The number of unbranched alkanes of at least 4 members (excludes halogenated alkanes) is 14. The van der Waals surface area contributed by atoms with Crippen LogP contribution in [0.5, 0.6) is 5.75 Å². The molecule has 214 valence electrons. The molecule has 0 aliphatic carbocycles. The lowest BCUT2D eigenvalue weighted by Gasteiger charge is -2.16. The van der Waals surface area contributed by atoms with E-state index in [-0.39, 0.29) is 5.97 Å². The third-order valence-electron chi connectivity index (χ3n) is 7.21. The molecule has 1 aromatic rings. The largest absolute Gasteiger partial charge is 0.507 e. The molecule has 0 fully saturated rings. The van der Waals surface area contributed by atoms with Crippen molar-refractivity contribution >= 4 is 5.97 Å². The molecule has 0 atom stereocenters. The first-order valence-corrected chi connectivity index (χ1v) is 15.8. The average molecular weight is 517 g/mol. The first kappa shape index (κ1) is 33.5. The number of phenolic OH excluding ortho intramolecular Hbond substituents is 1. The highest BCUT2D eigenvalue weighted by atomic mass is 16.5. The van der Waals surface area contributed by atoms with Crippen molar-refractivity contribution in [3.05, 3.63) is 28.8 Å². The van der Waals surface area contributed by atoms with Gasteiger partial charge in [0.2, 0.25) is 0 Å². The monoisotopic (exact) mass is 516 g/mol. The molecule has 0 aliphatic heterocycles. The molecule has 37 heavy (non-hydrogen) atoms. The number of phenols is 1. The third-order valence-corrected chi connectivity index (χ3v) is 7.21. The smallest absolute Gasteiger partial charge is 0.306 e. The van der Waals surface area contributed by atoms with E-state index in [2.05, 4.69) is 46.8 Å². The van der Waals surface area contributed by atoms with E-state index in [0.29, 0.717) is 37.0 Å². The fraction of sp³-hybridized carbons (Fsp3) is 0.794. The number of carbonyl (C=O) groups is 1. The minimum Gasteiger partial charge on any atom is -0.507 e. The van der Waals surface area contributed by atoms with Gasteiger partial charge in [0.1, 0.15) is 5.75 Å². The predicted molar refractivity (Wildman–Crippen MR) is 159 cm³/mol. The molecule has 0 heterocycles. The summed E-state index contributed by atoms with van der Waals surface area (Å²) in [4.78, 5) is 12.3. The van der Waals surface area contributed by atoms with Crippen molar-refractivity contribution in [3.63, 3.8) is 0 Å². The Hall–Kier alpha value is -1.51. The van der Waals surface area contributed by atoms with Crippen LogP contribution in [0.4, 0.5) is 0 Å². The van der Waals surface area contributed by atoms with Crippen molar-refractivity contribution in [1.29, 1.82) is 0 Å². The van der Waals surface area contributed by atoms with Crippen LogP contribution < -0.4 is 0 Å². The molecular weight excluding hydrogens is 456 g/mol. The summed E-state index contributed by atoms with van der Waals surface area (Å²) in [6.45, 7) is 11.5. The van der Waals surface area contributed by atoms with Gasteiger partial charge in [-0.3, -0.25) is 4.79 Å². The Balaban J connectivity index is 2.12. The Kier molecular flexibility index (Phi) is 19.4. The fourth-order valence-corrected chi connectivity index (χ4v) is 5.15. The zero-order valence-electron chi connectivity index (χ0n) is 25.2. The molecule has 3 heteroatoms. The van der Waals surface area contributed by atoms with Gasteiger partial charge in [-0.15, -0.1) is 0 Å². The second kappa shape index (κ2) is 21.4. The van der Waals surface area contributed by atoms with Crippen molar-refractivity contribution in [1.82, 2.24) is 0 Å². The Morgan fingerprint density at radius 3 is 1.51 bits per heavy atom. The minimum absolute atomic E-state index is 0.103. The molecule has 3 nitrogen and oxygen atoms in total. The summed E-state index contributed by atoms with van der Waals surface area (Å²) in [5.74, 6) is 1.30. The zero-order valence-corrected chi connectivity index (χ0v) is 25.2. The van der Waals surface area contributed by atoms with Crippen molar-refractivity contribution in [2.24, 2.45) is 11.8 Å². The summed E-state index contributed by atoms with van der Waals surface area (Å²) in [6.07, 6.45) is 22.9. The number of benzene rings is 1. The number of aromatic hydroxyl groups is 1. The molecule has 0 aromatic heterocycles. The highest BCUT2D eigenvalue weighted by Crippen LogP contribution is 2.29. The molecule has 0 saturated carbocycles. The van der Waals surface area contributed by atoms with Gasteiger partial charge in [0.25, 0.3) is 0 Å². The third kappa shape index (κ3) is 17.6. The van der Waals surface area contributed by atoms with Gasteiger partial charge in [-0.25, -0.2) is 0 Å². The van der Waals surface area contributed by atoms with E-state index >= 15 is 0 Å². The summed E-state index contributed by atoms with van der Waals surface area (Å²) in [6, 6.07) is 4.17. The lowest BCUT2D eigenvalue weighted by Crippen LogP contribution is -2.08. The lowest BCUT2D eigenvalue weighted by molar-refractivity contribution is -0.143. The van der Waals surface area contributed by atoms with Gasteiger partial charge in [-0.2, -0.15) is 0 Å². The van der Waals surface area contributed by atoms with Crippen LogP contribution in [0, 0.1) is 11.8 Å². The van der Waals surface area contributed by atoms with Gasteiger partial charge in [-0.05, 0) is 54.2 Å². The van der Waals surface area contributed by atoms with Crippen LogP contribution in [-0.4, -0.2) is 17.7 Å². The van der Waals surface area contributed by atoms with E-state index in [9.17, 15) is 9.90 Å². The van der Waals surface area contributed by atoms with Crippen molar-refractivity contribution in [2.75, 3.05) is 6.61 Å². The van der Waals surface area contributed by atoms with Crippen LogP contribution in [0.1, 0.15) is 154 Å². The van der Waals surface area contributed by atoms with Gasteiger partial charge < -0.3 is 9.84 Å². The van der Waals surface area contributed by atoms with Gasteiger partial charge in [0.15, 0.2) is 0 Å². The van der Waals surface area contributed by atoms with E-state index in [1.54, 1.807) is 0 Å². The Labute approximate surface area is 230 Å². The molecule has 1 aromatic carbocycles. The molecular formula is C34H60O3. The number of carbonyl (C=O) groups excluding carboxylic acids is 1. The second-order valence-electron chi connectivity index (χ2n) is 12.1. The second-order valence-corrected chi connectivity index (χ2v) is 12.1. The first-order valence-electron chi connectivity index (χ1n) is 15.8. The number of rotatable bonds is 23. The first-order chi connectivity index (χ1) is 17.8. The Bertz CT molecular complexity index is 676. The molecule has 0 bridgehead atoms. The van der Waals surface area contributed by atoms with Crippen LogP contribution in [0.25, 0.3) is 0 Å². The van der Waals surface area contributed by atoms with E-state index in [1.165, 1.54) is 83.5 Å². The summed E-state index contributed by atoms with van der Waals surface area (Å²) in [5, 5.41) is 10.7. The highest BCUT2D eigenvalue weighted by Gasteiger charge is 2.14. The molecule has 1 N–H and O–H groups in total. The van der Waals surface area contributed by atoms with Crippen molar-refractivity contribution in [2.45, 2.75) is 157 Å². The highest BCUT2D eigenvalue weighted by molar-refractivity contribution is 5.69. The van der Waals surface area contributed by atoms with Gasteiger partial charge >= 0.3 is 5.97 Å². The number of esters is 1. The zero-order chi connectivity index (χ0) is 27.3. The van der Waals surface area contributed by atoms with E-state index < -0.39 is 0 Å². The van der Waals surface area contributed by atoms with E-state index in [1.807, 2.05) is 0 Å². The van der Waals surface area contributed by atoms with Crippen LogP contribution in [0.15, 0.2) is 12.1 Å². The van der Waals surface area contributed by atoms with Crippen LogP contribution in [-0.2, 0) is 28.8 Å². The summed E-state index contributed by atoms with van der Waals surface area (Å²) in [7, 11) is 0. The maximum absolute atomic E-state index is 12.3. The molecule has 1 rings (SSSR count). The normalized spacial score (nSPS) is 11.5. The Morgan fingerprint density at radius 1 is 0.703 bits per heavy atom. The quantitative estimate of drug-likeness (QED) is 0.116. The standard InChI is InChI=1S/C34H60O3/c1-6-7-8-9-10-11-12-13-14-15-16-17-18-19-20-23-37-33(35)22-21-30-26-31(24-28(2)3)34(36)32(27-30)25-29(4)5/h26-29,36H,6-25H2,1-5H3. The van der Waals surface area contributed by atoms with Crippen LogP contribution in [0.2, 0.25) is 0 Å². The van der Waals surface area contributed by atoms with Gasteiger partial charge in [-0.1, -0.05) is 137 Å². The molecule has 0 radical (unpaired) electrons. The molecule has 0 spiro atoms. The van der Waals surface area contributed by atoms with Gasteiger partial charge in [0.05, 0.1) is 6.61 Å². The maximum atomic E-state index is 12.3. The number of aryl methyl sites for hydroxylation is 1. The molecule has 0 amide bonds. The molecule has 0 aliphatic rings. The number of hydrogen-bond acceptors (Lipinski definition) is 3. The molecule has 0 saturated heterocycles. The Morgan fingerprint density at radius 2 is 1.11 bits per heavy atom. The van der Waals surface area contributed by atoms with Crippen molar-refractivity contribution < 1.29 is 14.6 Å². The maximum Gasteiger partial charge on any atom is 0.306 e. The topological polar surface area (TPSA) is 46.5 Å². The van der Waals surface area contributed by atoms with E-state index in [4.69, 9.17) is 4.74 Å². The van der Waals surface area contributed by atoms with Crippen LogP contribution >= 0.6 is 0 Å². The van der Waals surface area contributed by atoms with E-state index in [0.717, 1.165) is 42.4 Å². The summed E-state index contributed by atoms with van der Waals surface area (Å²) < 4.78 is 5.50. The minimum atomic E-state index is -0.103. The lowest BCUT2D eigenvalue weighted by atomic mass is 9.92. The van der Waals surface area contributed by atoms with Crippen LogP contribution in [0.3, 0.4) is 0 Å². The average Bonchev–Trinajstić information content (AvgIpc) is 2.84. The molecule has 0 unspecified atom stereocenters. The number of hydrogen-bond donors (Lipinski definition) is 1.